The van der Waals surface area contributed by atoms with Crippen molar-refractivity contribution in [3.05, 3.63) is 29.0 Å². The number of anilines is 1. The van der Waals surface area contributed by atoms with Crippen LogP contribution >= 0.6 is 11.6 Å². The van der Waals surface area contributed by atoms with Crippen LogP contribution in [0.5, 0.6) is 0 Å². The first-order valence-corrected chi connectivity index (χ1v) is 10.3. The fraction of sp³-hybridized carbons (Fsp3) is 0.500. The number of rotatable bonds is 7. The minimum absolute atomic E-state index is 0.0302. The fourth-order valence-electron chi connectivity index (χ4n) is 2.60. The molecule has 1 aliphatic rings. The monoisotopic (exact) mass is 405 g/mol. The maximum absolute atomic E-state index is 13.6. The standard InChI is InChI=1S/C16H21ClFN3O4S/c1-21(9-16(23)19-12-5-7-26(24,25)10-12)6-4-15(22)20-14-3-2-11(17)8-13(14)18/h2-3,8,12H,4-7,9-10H2,1H3,(H,19,23)(H,20,22). The molecule has 1 aliphatic heterocycles. The highest BCUT2D eigenvalue weighted by Gasteiger charge is 2.28. The Morgan fingerprint density at radius 1 is 1.35 bits per heavy atom. The van der Waals surface area contributed by atoms with E-state index < -0.39 is 15.7 Å². The fourth-order valence-corrected chi connectivity index (χ4v) is 4.43. The summed E-state index contributed by atoms with van der Waals surface area (Å²) in [7, 11) is -1.38. The van der Waals surface area contributed by atoms with Crippen LogP contribution in [0.3, 0.4) is 0 Å². The second-order valence-electron chi connectivity index (χ2n) is 6.33. The molecular weight excluding hydrogens is 385 g/mol. The molecule has 0 bridgehead atoms. The average Bonchev–Trinajstić information content (AvgIpc) is 2.86. The van der Waals surface area contributed by atoms with Crippen LogP contribution in [-0.4, -0.2) is 62.8 Å². The van der Waals surface area contributed by atoms with Crippen molar-refractivity contribution >= 4 is 38.9 Å². The lowest BCUT2D eigenvalue weighted by molar-refractivity contribution is -0.123. The first kappa shape index (κ1) is 20.6. The van der Waals surface area contributed by atoms with Gasteiger partial charge < -0.3 is 10.6 Å². The van der Waals surface area contributed by atoms with Gasteiger partial charge in [0, 0.05) is 24.0 Å². The van der Waals surface area contributed by atoms with E-state index in [1.807, 2.05) is 0 Å². The Bertz CT molecular complexity index is 788. The van der Waals surface area contributed by atoms with Crippen LogP contribution in [0.15, 0.2) is 18.2 Å². The highest BCUT2D eigenvalue weighted by molar-refractivity contribution is 7.91. The molecule has 1 aromatic rings. The number of hydrogen-bond donors (Lipinski definition) is 2. The van der Waals surface area contributed by atoms with Crippen molar-refractivity contribution in [2.24, 2.45) is 0 Å². The summed E-state index contributed by atoms with van der Waals surface area (Å²) in [6.45, 7) is 0.330. The Hall–Kier alpha value is -1.71. The number of nitrogens with one attached hydrogen (secondary N) is 2. The first-order valence-electron chi connectivity index (χ1n) is 8.08. The second-order valence-corrected chi connectivity index (χ2v) is 8.99. The van der Waals surface area contributed by atoms with Crippen molar-refractivity contribution in [2.75, 3.05) is 37.0 Å². The largest absolute Gasteiger partial charge is 0.351 e. The van der Waals surface area contributed by atoms with Gasteiger partial charge in [-0.15, -0.1) is 0 Å². The third-order valence-electron chi connectivity index (χ3n) is 3.94. The minimum atomic E-state index is -3.05. The van der Waals surface area contributed by atoms with E-state index in [1.165, 1.54) is 12.1 Å². The van der Waals surface area contributed by atoms with Crippen LogP contribution in [0.4, 0.5) is 10.1 Å². The zero-order valence-electron chi connectivity index (χ0n) is 14.3. The lowest BCUT2D eigenvalue weighted by Gasteiger charge is -2.18. The van der Waals surface area contributed by atoms with E-state index in [2.05, 4.69) is 10.6 Å². The maximum Gasteiger partial charge on any atom is 0.234 e. The Morgan fingerprint density at radius 3 is 2.69 bits per heavy atom. The van der Waals surface area contributed by atoms with Gasteiger partial charge >= 0.3 is 0 Å². The number of likely N-dealkylation sites (N-methyl/N-ethyl adjacent to an activating group) is 1. The van der Waals surface area contributed by atoms with E-state index in [9.17, 15) is 22.4 Å². The van der Waals surface area contributed by atoms with Gasteiger partial charge in [0.15, 0.2) is 9.84 Å². The van der Waals surface area contributed by atoms with Crippen molar-refractivity contribution in [3.63, 3.8) is 0 Å². The Labute approximate surface area is 156 Å². The average molecular weight is 406 g/mol. The third-order valence-corrected chi connectivity index (χ3v) is 5.94. The van der Waals surface area contributed by atoms with Gasteiger partial charge in [-0.2, -0.15) is 0 Å². The lowest BCUT2D eigenvalue weighted by Crippen LogP contribution is -2.42. The zero-order valence-corrected chi connectivity index (χ0v) is 15.9. The number of halogens is 2. The molecule has 1 heterocycles. The maximum atomic E-state index is 13.6. The molecule has 7 nitrogen and oxygen atoms in total. The predicted octanol–water partition coefficient (Wildman–Crippen LogP) is 1.04. The minimum Gasteiger partial charge on any atom is -0.351 e. The summed E-state index contributed by atoms with van der Waals surface area (Å²) in [5, 5.41) is 5.37. The quantitative estimate of drug-likeness (QED) is 0.706. The highest BCUT2D eigenvalue weighted by atomic mass is 35.5. The van der Waals surface area contributed by atoms with Gasteiger partial charge in [0.05, 0.1) is 23.7 Å². The lowest BCUT2D eigenvalue weighted by atomic mass is 10.2. The molecule has 0 saturated carbocycles. The van der Waals surface area contributed by atoms with Gasteiger partial charge in [-0.25, -0.2) is 12.8 Å². The molecular formula is C16H21ClFN3O4S. The summed E-state index contributed by atoms with van der Waals surface area (Å²) in [6.07, 6.45) is 0.497. The van der Waals surface area contributed by atoms with Crippen LogP contribution < -0.4 is 10.6 Å². The van der Waals surface area contributed by atoms with E-state index in [0.29, 0.717) is 6.42 Å². The molecule has 0 spiro atoms. The van der Waals surface area contributed by atoms with Crippen molar-refractivity contribution < 1.29 is 22.4 Å². The zero-order chi connectivity index (χ0) is 19.3. The molecule has 2 N–H and O–H groups in total. The Morgan fingerprint density at radius 2 is 2.08 bits per heavy atom. The molecule has 0 aromatic heterocycles. The number of nitrogens with zero attached hydrogens (tertiary/aromatic N) is 1. The SMILES string of the molecule is CN(CCC(=O)Nc1ccc(Cl)cc1F)CC(=O)NC1CCS(=O)(=O)C1. The third kappa shape index (κ3) is 6.54. The van der Waals surface area contributed by atoms with Gasteiger partial charge in [-0.1, -0.05) is 11.6 Å². The first-order chi connectivity index (χ1) is 12.1. The van der Waals surface area contributed by atoms with Crippen molar-refractivity contribution in [1.82, 2.24) is 10.2 Å². The molecule has 1 atom stereocenters. The van der Waals surface area contributed by atoms with E-state index in [-0.39, 0.29) is 59.6 Å². The Balaban J connectivity index is 1.71. The van der Waals surface area contributed by atoms with Crippen molar-refractivity contribution in [3.8, 4) is 0 Å². The molecule has 1 unspecified atom stereocenters. The predicted molar refractivity (Wildman–Crippen MR) is 97.4 cm³/mol. The van der Waals surface area contributed by atoms with E-state index in [1.54, 1.807) is 11.9 Å². The van der Waals surface area contributed by atoms with Crippen LogP contribution in [0.2, 0.25) is 5.02 Å². The molecule has 10 heteroatoms. The molecule has 26 heavy (non-hydrogen) atoms. The van der Waals surface area contributed by atoms with Crippen LogP contribution in [-0.2, 0) is 19.4 Å². The Kier molecular flexibility index (Phi) is 6.96. The number of sulfone groups is 1. The summed E-state index contributed by atoms with van der Waals surface area (Å²) in [6, 6.07) is 3.61. The normalized spacial score (nSPS) is 18.7. The summed E-state index contributed by atoms with van der Waals surface area (Å²) in [5.41, 5.74) is 0.0437. The second kappa shape index (κ2) is 8.79. The molecule has 2 amide bonds. The molecule has 144 valence electrons. The molecule has 0 aliphatic carbocycles. The van der Waals surface area contributed by atoms with Crippen molar-refractivity contribution in [2.45, 2.75) is 18.9 Å². The number of amides is 2. The molecule has 1 aromatic carbocycles. The molecule has 1 saturated heterocycles. The van der Waals surface area contributed by atoms with Crippen LogP contribution in [0, 0.1) is 5.82 Å². The number of hydrogen-bond acceptors (Lipinski definition) is 5. The highest BCUT2D eigenvalue weighted by Crippen LogP contribution is 2.19. The van der Waals surface area contributed by atoms with Gasteiger partial charge in [-0.3, -0.25) is 14.5 Å². The smallest absolute Gasteiger partial charge is 0.234 e. The molecule has 2 rings (SSSR count). The summed E-state index contributed by atoms with van der Waals surface area (Å²) in [4.78, 5) is 25.4. The van der Waals surface area contributed by atoms with Crippen LogP contribution in [0.1, 0.15) is 12.8 Å². The van der Waals surface area contributed by atoms with Gasteiger partial charge in [0.2, 0.25) is 11.8 Å². The summed E-state index contributed by atoms with van der Waals surface area (Å²) >= 11 is 5.65. The van der Waals surface area contributed by atoms with E-state index in [4.69, 9.17) is 11.6 Å². The van der Waals surface area contributed by atoms with Gasteiger partial charge in [0.1, 0.15) is 5.82 Å². The molecule has 1 fully saturated rings. The number of benzene rings is 1. The number of carbonyl (C=O) groups excluding carboxylic acids is 2. The van der Waals surface area contributed by atoms with Gasteiger partial charge in [0.25, 0.3) is 0 Å². The van der Waals surface area contributed by atoms with Gasteiger partial charge in [-0.05, 0) is 31.7 Å². The summed E-state index contributed by atoms with van der Waals surface area (Å²) < 4.78 is 36.4. The topological polar surface area (TPSA) is 95.6 Å². The van der Waals surface area contributed by atoms with Crippen LogP contribution in [0.25, 0.3) is 0 Å². The van der Waals surface area contributed by atoms with Crippen molar-refractivity contribution in [1.29, 1.82) is 0 Å². The number of carbonyl (C=O) groups is 2. The van der Waals surface area contributed by atoms with E-state index >= 15 is 0 Å². The molecule has 0 radical (unpaired) electrons. The van der Waals surface area contributed by atoms with E-state index in [0.717, 1.165) is 6.07 Å². The summed E-state index contributed by atoms with van der Waals surface area (Å²) in [5.74, 6) is -1.24.